The van der Waals surface area contributed by atoms with Crippen LogP contribution in [0, 0.1) is 5.92 Å². The summed E-state index contributed by atoms with van der Waals surface area (Å²) in [6.07, 6.45) is 3.43. The molecule has 0 aliphatic heterocycles. The van der Waals surface area contributed by atoms with Gasteiger partial charge in [0.25, 0.3) is 0 Å². The van der Waals surface area contributed by atoms with Crippen LogP contribution in [0.25, 0.3) is 11.3 Å². The molecule has 0 saturated carbocycles. The summed E-state index contributed by atoms with van der Waals surface area (Å²) < 4.78 is 0. The number of rotatable bonds is 8. The molecule has 0 radical (unpaired) electrons. The van der Waals surface area contributed by atoms with E-state index in [2.05, 4.69) is 15.3 Å². The maximum Gasteiger partial charge on any atom is 0.305 e. The minimum Gasteiger partial charge on any atom is -0.481 e. The third-order valence-corrected chi connectivity index (χ3v) is 3.74. The minimum atomic E-state index is -0.846. The molecule has 0 aliphatic rings. The van der Waals surface area contributed by atoms with Crippen molar-refractivity contribution in [2.75, 3.05) is 11.9 Å². The van der Waals surface area contributed by atoms with Gasteiger partial charge in [0.05, 0.1) is 12.1 Å². The average molecular weight is 358 g/mol. The topological polar surface area (TPSA) is 118 Å². The average Bonchev–Trinajstić information content (AvgIpc) is 2.64. The van der Waals surface area contributed by atoms with Crippen LogP contribution in [0.15, 0.2) is 42.6 Å². The second-order valence-electron chi connectivity index (χ2n) is 5.62. The molecule has 0 aliphatic carbocycles. The van der Waals surface area contributed by atoms with Gasteiger partial charge < -0.3 is 16.2 Å². The Balaban J connectivity index is 0.000000359. The highest BCUT2D eigenvalue weighted by Gasteiger charge is 2.07. The number of nitrogens with two attached hydrogens (primary N) is 1. The summed E-state index contributed by atoms with van der Waals surface area (Å²) in [5.41, 5.74) is 6.83. The number of aliphatic carboxylic acids is 1. The Bertz CT molecular complexity index is 688. The summed E-state index contributed by atoms with van der Waals surface area (Å²) in [6, 6.07) is 11.6. The van der Waals surface area contributed by atoms with Crippen LogP contribution in [0.1, 0.15) is 33.1 Å². The number of amides is 1. The number of benzene rings is 1. The van der Waals surface area contributed by atoms with E-state index in [9.17, 15) is 9.59 Å². The van der Waals surface area contributed by atoms with Gasteiger partial charge in [-0.25, -0.2) is 9.97 Å². The van der Waals surface area contributed by atoms with Crippen molar-refractivity contribution in [2.24, 2.45) is 11.7 Å². The normalized spacial score (nSPS) is 9.96. The van der Waals surface area contributed by atoms with Crippen LogP contribution in [0.2, 0.25) is 0 Å². The lowest BCUT2D eigenvalue weighted by Crippen LogP contribution is -2.21. The van der Waals surface area contributed by atoms with Gasteiger partial charge in [-0.2, -0.15) is 0 Å². The maximum atomic E-state index is 10.4. The van der Waals surface area contributed by atoms with Crippen molar-refractivity contribution >= 4 is 17.8 Å². The van der Waals surface area contributed by atoms with Crippen molar-refractivity contribution in [1.29, 1.82) is 0 Å². The molecule has 26 heavy (non-hydrogen) atoms. The number of nitrogens with zero attached hydrogens (tertiary/aromatic N) is 2. The minimum absolute atomic E-state index is 0.0406. The van der Waals surface area contributed by atoms with Gasteiger partial charge in [-0.15, -0.1) is 0 Å². The van der Waals surface area contributed by atoms with Gasteiger partial charge in [-0.1, -0.05) is 44.2 Å². The molecule has 1 amide bonds. The molecule has 0 atom stereocenters. The summed E-state index contributed by atoms with van der Waals surface area (Å²) in [7, 11) is 0. The highest BCUT2D eigenvalue weighted by Crippen LogP contribution is 2.16. The Kier molecular flexibility index (Phi) is 9.38. The Morgan fingerprint density at radius 1 is 1.15 bits per heavy atom. The Labute approximate surface area is 153 Å². The van der Waals surface area contributed by atoms with Gasteiger partial charge in [0.1, 0.15) is 0 Å². The second-order valence-corrected chi connectivity index (χ2v) is 5.62. The lowest BCUT2D eigenvalue weighted by molar-refractivity contribution is -0.136. The Morgan fingerprint density at radius 2 is 1.81 bits per heavy atom. The number of hydrogen-bond donors (Lipinski definition) is 3. The lowest BCUT2D eigenvalue weighted by atomic mass is 10.0. The number of carbonyl (C=O) groups excluding carboxylic acids is 1. The first-order valence-corrected chi connectivity index (χ1v) is 8.61. The van der Waals surface area contributed by atoms with Gasteiger partial charge in [0.2, 0.25) is 11.9 Å². The molecule has 1 heterocycles. The predicted octanol–water partition coefficient (Wildman–Crippen LogP) is 2.94. The predicted molar refractivity (Wildman–Crippen MR) is 101 cm³/mol. The first-order valence-electron chi connectivity index (χ1n) is 8.61. The van der Waals surface area contributed by atoms with Gasteiger partial charge >= 0.3 is 5.97 Å². The molecule has 4 N–H and O–H groups in total. The number of carbonyl (C=O) groups is 2. The monoisotopic (exact) mass is 358 g/mol. The fourth-order valence-corrected chi connectivity index (χ4v) is 2.19. The van der Waals surface area contributed by atoms with Crippen molar-refractivity contribution in [3.05, 3.63) is 42.6 Å². The van der Waals surface area contributed by atoms with Crippen molar-refractivity contribution in [1.82, 2.24) is 9.97 Å². The van der Waals surface area contributed by atoms with E-state index in [1.54, 1.807) is 6.20 Å². The summed E-state index contributed by atoms with van der Waals surface area (Å²) >= 11 is 0. The number of carboxylic acid groups (broad SMARTS) is 1. The third-order valence-electron chi connectivity index (χ3n) is 3.74. The molecular formula is C19H26N4O3. The van der Waals surface area contributed by atoms with Crippen molar-refractivity contribution in [3.8, 4) is 11.3 Å². The third kappa shape index (κ3) is 7.74. The summed E-state index contributed by atoms with van der Waals surface area (Å²) in [6.45, 7) is 4.26. The van der Waals surface area contributed by atoms with E-state index in [0.717, 1.165) is 24.1 Å². The maximum absolute atomic E-state index is 10.4. The molecule has 7 nitrogen and oxygen atoms in total. The zero-order valence-electron chi connectivity index (χ0n) is 15.2. The molecule has 2 aromatic rings. The molecule has 140 valence electrons. The van der Waals surface area contributed by atoms with Gasteiger partial charge in [0, 0.05) is 24.2 Å². The molecule has 1 aromatic heterocycles. The van der Waals surface area contributed by atoms with Crippen molar-refractivity contribution < 1.29 is 14.7 Å². The molecular weight excluding hydrogens is 332 g/mol. The van der Waals surface area contributed by atoms with Crippen LogP contribution in [-0.2, 0) is 9.59 Å². The Hall–Kier alpha value is -2.96. The quantitative estimate of drug-likeness (QED) is 0.667. The van der Waals surface area contributed by atoms with E-state index in [1.807, 2.05) is 50.2 Å². The van der Waals surface area contributed by atoms with Crippen molar-refractivity contribution in [2.45, 2.75) is 33.1 Å². The number of primary amides is 1. The molecule has 2 rings (SSSR count). The summed E-state index contributed by atoms with van der Waals surface area (Å²) in [5, 5.41) is 11.4. The second kappa shape index (κ2) is 11.6. The van der Waals surface area contributed by atoms with E-state index in [0.29, 0.717) is 12.5 Å². The fourth-order valence-electron chi connectivity index (χ4n) is 2.19. The molecule has 0 bridgehead atoms. The lowest BCUT2D eigenvalue weighted by Gasteiger charge is -2.05. The first-order chi connectivity index (χ1) is 12.5. The zero-order valence-corrected chi connectivity index (χ0v) is 15.2. The number of carboxylic acids is 1. The van der Waals surface area contributed by atoms with Crippen LogP contribution in [-0.4, -0.2) is 33.5 Å². The SMILES string of the molecule is CCC(CC)C(N)=O.O=C(O)CCNc1nccc(-c2ccccc2)n1. The molecule has 0 spiro atoms. The van der Waals surface area contributed by atoms with Gasteiger partial charge in [-0.05, 0) is 18.9 Å². The largest absolute Gasteiger partial charge is 0.481 e. The van der Waals surface area contributed by atoms with E-state index in [4.69, 9.17) is 10.8 Å². The summed E-state index contributed by atoms with van der Waals surface area (Å²) in [4.78, 5) is 29.2. The van der Waals surface area contributed by atoms with Crippen LogP contribution in [0.3, 0.4) is 0 Å². The highest BCUT2D eigenvalue weighted by atomic mass is 16.4. The van der Waals surface area contributed by atoms with E-state index in [1.165, 1.54) is 0 Å². The number of hydrogen-bond acceptors (Lipinski definition) is 5. The standard InChI is InChI=1S/C13H13N3O2.C6H13NO/c17-12(18)7-9-15-13-14-8-6-11(16-13)10-4-2-1-3-5-10;1-3-5(4-2)6(7)8/h1-6,8H,7,9H2,(H,17,18)(H,14,15,16);5H,3-4H2,1-2H3,(H2,7,8). The van der Waals surface area contributed by atoms with Crippen LogP contribution in [0.5, 0.6) is 0 Å². The first kappa shape index (κ1) is 21.1. The van der Waals surface area contributed by atoms with E-state index in [-0.39, 0.29) is 18.2 Å². The van der Waals surface area contributed by atoms with E-state index < -0.39 is 5.97 Å². The number of nitrogens with one attached hydrogen (secondary N) is 1. The van der Waals surface area contributed by atoms with Crippen LogP contribution in [0.4, 0.5) is 5.95 Å². The number of aromatic nitrogens is 2. The van der Waals surface area contributed by atoms with E-state index >= 15 is 0 Å². The molecule has 0 saturated heterocycles. The molecule has 0 unspecified atom stereocenters. The summed E-state index contributed by atoms with van der Waals surface area (Å²) in [5.74, 6) is -0.482. The van der Waals surface area contributed by atoms with Gasteiger partial charge in [0.15, 0.2) is 0 Å². The molecule has 7 heteroatoms. The molecule has 0 fully saturated rings. The number of anilines is 1. The highest BCUT2D eigenvalue weighted by molar-refractivity contribution is 5.76. The zero-order chi connectivity index (χ0) is 19.4. The van der Waals surface area contributed by atoms with Gasteiger partial charge in [-0.3, -0.25) is 9.59 Å². The van der Waals surface area contributed by atoms with Crippen LogP contribution < -0.4 is 11.1 Å². The fraction of sp³-hybridized carbons (Fsp3) is 0.368. The Morgan fingerprint density at radius 3 is 2.31 bits per heavy atom. The van der Waals surface area contributed by atoms with Crippen LogP contribution >= 0.6 is 0 Å². The van der Waals surface area contributed by atoms with Crippen molar-refractivity contribution in [3.63, 3.8) is 0 Å². The smallest absolute Gasteiger partial charge is 0.305 e. The molecule has 1 aromatic carbocycles.